The van der Waals surface area contributed by atoms with E-state index >= 15 is 0 Å². The van der Waals surface area contributed by atoms with Gasteiger partial charge in [-0.15, -0.1) is 0 Å². The molecule has 1 amide bonds. The van der Waals surface area contributed by atoms with Gasteiger partial charge >= 0.3 is 12.1 Å². The maximum atomic E-state index is 12.6. The summed E-state index contributed by atoms with van der Waals surface area (Å²) >= 11 is 3.43. The molecule has 2 rings (SSSR count). The molecule has 1 aromatic carbocycles. The summed E-state index contributed by atoms with van der Waals surface area (Å²) in [5, 5.41) is 0.546. The summed E-state index contributed by atoms with van der Waals surface area (Å²) in [5.74, 6) is -0.353. The maximum absolute atomic E-state index is 12.6. The molecule has 0 N–H and O–H groups in total. The van der Waals surface area contributed by atoms with Gasteiger partial charge in [0.25, 0.3) is 0 Å². The SMILES string of the molecule is COC(=O)c1ccc([C@H]2CCCCN2C(=O)OC(C)(C)C)cc1CBr. The molecule has 1 aliphatic rings. The van der Waals surface area contributed by atoms with Gasteiger partial charge < -0.3 is 14.4 Å². The molecule has 1 atom stereocenters. The second kappa shape index (κ2) is 8.21. The predicted octanol–water partition coefficient (Wildman–Crippen LogP) is 4.83. The second-order valence-electron chi connectivity index (χ2n) is 7.23. The highest BCUT2D eigenvalue weighted by Crippen LogP contribution is 2.33. The molecule has 1 saturated heterocycles. The Hall–Kier alpha value is -1.56. The Balaban J connectivity index is 2.30. The molecule has 0 unspecified atom stereocenters. The van der Waals surface area contributed by atoms with E-state index in [0.29, 0.717) is 17.4 Å². The van der Waals surface area contributed by atoms with E-state index in [-0.39, 0.29) is 18.1 Å². The van der Waals surface area contributed by atoms with Gasteiger partial charge in [-0.1, -0.05) is 28.1 Å². The average molecular weight is 412 g/mol. The van der Waals surface area contributed by atoms with E-state index in [4.69, 9.17) is 9.47 Å². The van der Waals surface area contributed by atoms with Crippen molar-refractivity contribution in [3.05, 3.63) is 34.9 Å². The van der Waals surface area contributed by atoms with Gasteiger partial charge in [0, 0.05) is 11.9 Å². The first-order valence-electron chi connectivity index (χ1n) is 8.53. The predicted molar refractivity (Wildman–Crippen MR) is 99.9 cm³/mol. The summed E-state index contributed by atoms with van der Waals surface area (Å²) in [6.45, 7) is 6.30. The molecular weight excluding hydrogens is 386 g/mol. The third kappa shape index (κ3) is 4.97. The van der Waals surface area contributed by atoms with Crippen molar-refractivity contribution in [3.63, 3.8) is 0 Å². The number of nitrogens with zero attached hydrogens (tertiary/aromatic N) is 1. The Bertz CT molecular complexity index is 639. The van der Waals surface area contributed by atoms with E-state index < -0.39 is 5.60 Å². The fourth-order valence-corrected chi connectivity index (χ4v) is 3.52. The number of halogens is 1. The molecule has 0 aromatic heterocycles. The molecule has 1 aromatic rings. The van der Waals surface area contributed by atoms with Crippen molar-refractivity contribution in [3.8, 4) is 0 Å². The number of carbonyl (C=O) groups excluding carboxylic acids is 2. The summed E-state index contributed by atoms with van der Waals surface area (Å²) in [4.78, 5) is 26.3. The van der Waals surface area contributed by atoms with Crippen LogP contribution in [0.4, 0.5) is 4.79 Å². The lowest BCUT2D eigenvalue weighted by atomic mass is 9.93. The summed E-state index contributed by atoms with van der Waals surface area (Å²) in [7, 11) is 1.37. The molecule has 0 saturated carbocycles. The van der Waals surface area contributed by atoms with Crippen molar-refractivity contribution in [2.24, 2.45) is 0 Å². The van der Waals surface area contributed by atoms with E-state index in [1.54, 1.807) is 11.0 Å². The number of ether oxygens (including phenoxy) is 2. The van der Waals surface area contributed by atoms with Gasteiger partial charge in [-0.3, -0.25) is 0 Å². The van der Waals surface area contributed by atoms with Crippen molar-refractivity contribution < 1.29 is 19.1 Å². The van der Waals surface area contributed by atoms with Crippen molar-refractivity contribution >= 4 is 28.0 Å². The van der Waals surface area contributed by atoms with Crippen molar-refractivity contribution in [2.45, 2.75) is 57.0 Å². The van der Waals surface area contributed by atoms with Crippen LogP contribution in [-0.4, -0.2) is 36.2 Å². The number of hydrogen-bond donors (Lipinski definition) is 0. The fraction of sp³-hybridized carbons (Fsp3) is 0.579. The number of likely N-dealkylation sites (tertiary alicyclic amines) is 1. The van der Waals surface area contributed by atoms with E-state index in [2.05, 4.69) is 15.9 Å². The van der Waals surface area contributed by atoms with Gasteiger partial charge in [-0.2, -0.15) is 0 Å². The molecule has 25 heavy (non-hydrogen) atoms. The highest BCUT2D eigenvalue weighted by molar-refractivity contribution is 9.08. The minimum absolute atomic E-state index is 0.0342. The molecule has 0 radical (unpaired) electrons. The van der Waals surface area contributed by atoms with Gasteiger partial charge in [0.2, 0.25) is 0 Å². The van der Waals surface area contributed by atoms with Crippen LogP contribution in [0, 0.1) is 0 Å². The third-order valence-corrected chi connectivity index (χ3v) is 4.80. The van der Waals surface area contributed by atoms with Gasteiger partial charge in [-0.25, -0.2) is 9.59 Å². The normalized spacial score (nSPS) is 18.0. The monoisotopic (exact) mass is 411 g/mol. The Morgan fingerprint density at radius 2 is 2.00 bits per heavy atom. The minimum atomic E-state index is -0.519. The summed E-state index contributed by atoms with van der Waals surface area (Å²) in [6.07, 6.45) is 2.64. The van der Waals surface area contributed by atoms with Gasteiger partial charge in [0.05, 0.1) is 18.7 Å². The average Bonchev–Trinajstić information content (AvgIpc) is 2.59. The minimum Gasteiger partial charge on any atom is -0.465 e. The molecule has 0 spiro atoms. The first kappa shape index (κ1) is 19.8. The largest absolute Gasteiger partial charge is 0.465 e. The third-order valence-electron chi connectivity index (χ3n) is 4.19. The molecule has 5 nitrogen and oxygen atoms in total. The lowest BCUT2D eigenvalue weighted by Gasteiger charge is -2.37. The van der Waals surface area contributed by atoms with Crippen LogP contribution in [-0.2, 0) is 14.8 Å². The second-order valence-corrected chi connectivity index (χ2v) is 7.79. The number of alkyl halides is 1. The van der Waals surface area contributed by atoms with Gasteiger partial charge in [0.15, 0.2) is 0 Å². The van der Waals surface area contributed by atoms with E-state index in [1.807, 2.05) is 32.9 Å². The van der Waals surface area contributed by atoms with Gasteiger partial charge in [-0.05, 0) is 57.2 Å². The van der Waals surface area contributed by atoms with Crippen LogP contribution < -0.4 is 0 Å². The number of carbonyl (C=O) groups is 2. The number of rotatable bonds is 3. The van der Waals surface area contributed by atoms with Crippen LogP contribution in [0.2, 0.25) is 0 Å². The molecule has 1 aliphatic heterocycles. The highest BCUT2D eigenvalue weighted by Gasteiger charge is 2.31. The number of amides is 1. The zero-order chi connectivity index (χ0) is 18.6. The zero-order valence-corrected chi connectivity index (χ0v) is 16.9. The Morgan fingerprint density at radius 1 is 1.28 bits per heavy atom. The standard InChI is InChI=1S/C19H26BrNO4/c1-19(2,3)25-18(23)21-10-6-5-7-16(21)13-8-9-15(17(22)24-4)14(11-13)12-20/h8-9,11,16H,5-7,10,12H2,1-4H3/t16-/m1/s1. The smallest absolute Gasteiger partial charge is 0.410 e. The number of esters is 1. The number of benzene rings is 1. The van der Waals surface area contributed by atoms with E-state index in [0.717, 1.165) is 30.4 Å². The Morgan fingerprint density at radius 3 is 2.60 bits per heavy atom. The molecule has 0 bridgehead atoms. The topological polar surface area (TPSA) is 55.8 Å². The number of hydrogen-bond acceptors (Lipinski definition) is 4. The van der Waals surface area contributed by atoms with Crippen molar-refractivity contribution in [1.82, 2.24) is 4.90 Å². The number of methoxy groups -OCH3 is 1. The molecule has 1 heterocycles. The molecule has 1 fully saturated rings. The fourth-order valence-electron chi connectivity index (χ4n) is 3.06. The van der Waals surface area contributed by atoms with Crippen LogP contribution in [0.1, 0.15) is 67.6 Å². The van der Waals surface area contributed by atoms with Gasteiger partial charge in [0.1, 0.15) is 5.60 Å². The molecule has 6 heteroatoms. The van der Waals surface area contributed by atoms with Crippen LogP contribution >= 0.6 is 15.9 Å². The van der Waals surface area contributed by atoms with Crippen LogP contribution in [0.5, 0.6) is 0 Å². The quantitative estimate of drug-likeness (QED) is 0.527. The lowest BCUT2D eigenvalue weighted by molar-refractivity contribution is 0.00947. The zero-order valence-electron chi connectivity index (χ0n) is 15.3. The summed E-state index contributed by atoms with van der Waals surface area (Å²) in [5.41, 5.74) is 1.91. The van der Waals surface area contributed by atoms with Crippen LogP contribution in [0.3, 0.4) is 0 Å². The Kier molecular flexibility index (Phi) is 6.49. The first-order chi connectivity index (χ1) is 11.8. The van der Waals surface area contributed by atoms with E-state index in [9.17, 15) is 9.59 Å². The highest BCUT2D eigenvalue weighted by atomic mass is 79.9. The Labute approximate surface area is 157 Å². The first-order valence-corrected chi connectivity index (χ1v) is 9.65. The van der Waals surface area contributed by atoms with Crippen molar-refractivity contribution in [1.29, 1.82) is 0 Å². The van der Waals surface area contributed by atoms with Crippen molar-refractivity contribution in [2.75, 3.05) is 13.7 Å². The maximum Gasteiger partial charge on any atom is 0.410 e. The van der Waals surface area contributed by atoms with Crippen LogP contribution in [0.25, 0.3) is 0 Å². The molecule has 138 valence electrons. The summed E-state index contributed by atoms with van der Waals surface area (Å²) in [6, 6.07) is 5.63. The number of piperidine rings is 1. The molecular formula is C19H26BrNO4. The summed E-state index contributed by atoms with van der Waals surface area (Å²) < 4.78 is 10.4. The lowest BCUT2D eigenvalue weighted by Crippen LogP contribution is -2.41. The van der Waals surface area contributed by atoms with Crippen LogP contribution in [0.15, 0.2) is 18.2 Å². The van der Waals surface area contributed by atoms with E-state index in [1.165, 1.54) is 7.11 Å². The molecule has 0 aliphatic carbocycles.